The lowest BCUT2D eigenvalue weighted by molar-refractivity contribution is 0.932. The first-order valence-corrected chi connectivity index (χ1v) is 4.51. The fourth-order valence-corrected chi connectivity index (χ4v) is 0.720. The summed E-state index contributed by atoms with van der Waals surface area (Å²) < 4.78 is 1.13. The van der Waals surface area contributed by atoms with Crippen molar-refractivity contribution in [3.63, 3.8) is 0 Å². The zero-order valence-corrected chi connectivity index (χ0v) is 8.34. The van der Waals surface area contributed by atoms with Crippen molar-refractivity contribution in [1.29, 1.82) is 0 Å². The molecule has 0 fully saturated rings. The first-order valence-electron chi connectivity index (χ1n) is 3.72. The van der Waals surface area contributed by atoms with Gasteiger partial charge in [0.2, 0.25) is 0 Å². The van der Waals surface area contributed by atoms with Crippen molar-refractivity contribution < 1.29 is 0 Å². The van der Waals surface area contributed by atoms with Crippen molar-refractivity contribution in [3.05, 3.63) is 34.8 Å². The van der Waals surface area contributed by atoms with Gasteiger partial charge in [-0.15, -0.1) is 0 Å². The Hall–Kier alpha value is -0.340. The minimum atomic E-state index is 0.819. The molecule has 2 N–H and O–H groups in total. The number of hydrogen-bond donors (Lipinski definition) is 1. The van der Waals surface area contributed by atoms with Crippen molar-refractivity contribution >= 4 is 15.9 Å². The molecule has 0 saturated heterocycles. The monoisotopic (exact) mass is 215 g/mol. The smallest absolute Gasteiger partial charge is 0.0175 e. The molecule has 0 heterocycles. The molecule has 0 spiro atoms. The Balaban J connectivity index is 0.000000218. The van der Waals surface area contributed by atoms with Crippen LogP contribution in [0.5, 0.6) is 0 Å². The molecule has 1 aromatic carbocycles. The molecule has 1 aromatic rings. The van der Waals surface area contributed by atoms with Gasteiger partial charge in [0.25, 0.3) is 0 Å². The third-order valence-electron chi connectivity index (χ3n) is 1.02. The molecule has 0 amide bonds. The number of hydrogen-bond acceptors (Lipinski definition) is 1. The Labute approximate surface area is 76.7 Å². The molecule has 1 rings (SSSR count). The van der Waals surface area contributed by atoms with Gasteiger partial charge < -0.3 is 5.73 Å². The predicted molar refractivity (Wildman–Crippen MR) is 53.5 cm³/mol. The molecule has 0 aliphatic carbocycles. The van der Waals surface area contributed by atoms with Crippen LogP contribution in [0.4, 0.5) is 0 Å². The summed E-state index contributed by atoms with van der Waals surface area (Å²) in [5.41, 5.74) is 5.03. The highest BCUT2D eigenvalue weighted by atomic mass is 79.9. The van der Waals surface area contributed by atoms with Crippen molar-refractivity contribution in [2.45, 2.75) is 13.3 Å². The SMILES string of the molecule is Brc1ccccc1.CCCN. The van der Waals surface area contributed by atoms with E-state index in [4.69, 9.17) is 5.73 Å². The lowest BCUT2D eigenvalue weighted by atomic mass is 10.4. The fourth-order valence-electron chi connectivity index (χ4n) is 0.415. The molecule has 11 heavy (non-hydrogen) atoms. The Morgan fingerprint density at radius 2 is 1.73 bits per heavy atom. The average Bonchev–Trinajstić information content (AvgIpc) is 2.07. The van der Waals surface area contributed by atoms with Crippen LogP contribution in [-0.4, -0.2) is 6.54 Å². The van der Waals surface area contributed by atoms with Crippen LogP contribution in [0.2, 0.25) is 0 Å². The van der Waals surface area contributed by atoms with E-state index >= 15 is 0 Å². The predicted octanol–water partition coefficient (Wildman–Crippen LogP) is 2.80. The third kappa shape index (κ3) is 7.56. The lowest BCUT2D eigenvalue weighted by Crippen LogP contribution is -1.93. The topological polar surface area (TPSA) is 26.0 Å². The van der Waals surface area contributed by atoms with E-state index in [2.05, 4.69) is 22.9 Å². The largest absolute Gasteiger partial charge is 0.330 e. The van der Waals surface area contributed by atoms with Crippen LogP contribution >= 0.6 is 15.9 Å². The Morgan fingerprint density at radius 1 is 1.27 bits per heavy atom. The van der Waals surface area contributed by atoms with E-state index in [1.807, 2.05) is 30.3 Å². The van der Waals surface area contributed by atoms with E-state index < -0.39 is 0 Å². The summed E-state index contributed by atoms with van der Waals surface area (Å²) in [6.45, 7) is 2.88. The number of benzene rings is 1. The molecule has 1 nitrogen and oxygen atoms in total. The quantitative estimate of drug-likeness (QED) is 0.767. The molecule has 0 aliphatic rings. The van der Waals surface area contributed by atoms with Gasteiger partial charge in [0, 0.05) is 4.47 Å². The highest BCUT2D eigenvalue weighted by molar-refractivity contribution is 9.10. The Kier molecular flexibility index (Phi) is 7.52. The van der Waals surface area contributed by atoms with Crippen LogP contribution < -0.4 is 5.73 Å². The molecular weight excluding hydrogens is 202 g/mol. The Morgan fingerprint density at radius 3 is 1.91 bits per heavy atom. The highest BCUT2D eigenvalue weighted by Gasteiger charge is 1.74. The molecule has 0 aromatic heterocycles. The van der Waals surface area contributed by atoms with Crippen LogP contribution in [0, 0.1) is 0 Å². The van der Waals surface area contributed by atoms with Gasteiger partial charge in [-0.2, -0.15) is 0 Å². The average molecular weight is 216 g/mol. The summed E-state index contributed by atoms with van der Waals surface area (Å²) in [5, 5.41) is 0. The first kappa shape index (κ1) is 10.7. The van der Waals surface area contributed by atoms with Crippen molar-refractivity contribution in [2.24, 2.45) is 5.73 Å². The second-order valence-electron chi connectivity index (χ2n) is 2.08. The molecule has 0 radical (unpaired) electrons. The summed E-state index contributed by atoms with van der Waals surface area (Å²) >= 11 is 3.31. The zero-order chi connectivity index (χ0) is 8.53. The fraction of sp³-hybridized carbons (Fsp3) is 0.333. The maximum atomic E-state index is 5.03. The van der Waals surface area contributed by atoms with Crippen LogP contribution in [0.3, 0.4) is 0 Å². The van der Waals surface area contributed by atoms with Gasteiger partial charge in [-0.25, -0.2) is 0 Å². The van der Waals surface area contributed by atoms with Crippen LogP contribution in [-0.2, 0) is 0 Å². The normalized spacial score (nSPS) is 8.27. The van der Waals surface area contributed by atoms with Gasteiger partial charge in [-0.1, -0.05) is 41.1 Å². The second kappa shape index (κ2) is 7.76. The maximum Gasteiger partial charge on any atom is 0.0175 e. The van der Waals surface area contributed by atoms with E-state index in [9.17, 15) is 0 Å². The summed E-state index contributed by atoms with van der Waals surface area (Å²) in [5.74, 6) is 0. The minimum Gasteiger partial charge on any atom is -0.330 e. The summed E-state index contributed by atoms with van der Waals surface area (Å²) in [6.07, 6.45) is 1.10. The number of rotatable bonds is 1. The zero-order valence-electron chi connectivity index (χ0n) is 6.76. The van der Waals surface area contributed by atoms with E-state index in [1.165, 1.54) is 0 Å². The lowest BCUT2D eigenvalue weighted by Gasteiger charge is -1.80. The third-order valence-corrected chi connectivity index (χ3v) is 1.55. The molecule has 2 heteroatoms. The summed E-state index contributed by atoms with van der Waals surface area (Å²) in [6, 6.07) is 9.97. The number of halogens is 1. The van der Waals surface area contributed by atoms with Crippen LogP contribution in [0.1, 0.15) is 13.3 Å². The summed E-state index contributed by atoms with van der Waals surface area (Å²) in [4.78, 5) is 0. The van der Waals surface area contributed by atoms with Crippen LogP contribution in [0.15, 0.2) is 34.8 Å². The molecular formula is C9H14BrN. The maximum absolute atomic E-state index is 5.03. The van der Waals surface area contributed by atoms with Gasteiger partial charge in [0.05, 0.1) is 0 Å². The first-order chi connectivity index (χ1) is 5.31. The van der Waals surface area contributed by atoms with Crippen molar-refractivity contribution in [1.82, 2.24) is 0 Å². The van der Waals surface area contributed by atoms with Crippen LogP contribution in [0.25, 0.3) is 0 Å². The Bertz CT molecular complexity index is 160. The van der Waals surface area contributed by atoms with Gasteiger partial charge in [0.15, 0.2) is 0 Å². The van der Waals surface area contributed by atoms with Gasteiger partial charge >= 0.3 is 0 Å². The standard InChI is InChI=1S/C6H5Br.C3H9N/c7-6-4-2-1-3-5-6;1-2-3-4/h1-5H;2-4H2,1H3. The highest BCUT2D eigenvalue weighted by Crippen LogP contribution is 2.05. The second-order valence-corrected chi connectivity index (χ2v) is 3.00. The van der Waals surface area contributed by atoms with Crippen molar-refractivity contribution in [3.8, 4) is 0 Å². The molecule has 0 saturated carbocycles. The molecule has 0 unspecified atom stereocenters. The van der Waals surface area contributed by atoms with E-state index in [1.54, 1.807) is 0 Å². The van der Waals surface area contributed by atoms with E-state index in [0.29, 0.717) is 0 Å². The minimum absolute atomic E-state index is 0.819. The molecule has 0 atom stereocenters. The molecule has 0 aliphatic heterocycles. The number of nitrogens with two attached hydrogens (primary N) is 1. The van der Waals surface area contributed by atoms with Gasteiger partial charge in [-0.3, -0.25) is 0 Å². The molecule has 62 valence electrons. The van der Waals surface area contributed by atoms with Gasteiger partial charge in [-0.05, 0) is 25.1 Å². The summed E-state index contributed by atoms with van der Waals surface area (Å²) in [7, 11) is 0. The van der Waals surface area contributed by atoms with Gasteiger partial charge in [0.1, 0.15) is 0 Å². The van der Waals surface area contributed by atoms with E-state index in [0.717, 1.165) is 17.4 Å². The van der Waals surface area contributed by atoms with Crippen molar-refractivity contribution in [2.75, 3.05) is 6.54 Å². The molecule has 0 bridgehead atoms. The van der Waals surface area contributed by atoms with E-state index in [-0.39, 0.29) is 0 Å².